The molecular formula is C10H10N4O. The first-order chi connectivity index (χ1) is 7.36. The summed E-state index contributed by atoms with van der Waals surface area (Å²) in [5.74, 6) is 0.223. The number of aromatic amines is 2. The summed E-state index contributed by atoms with van der Waals surface area (Å²) < 4.78 is 0. The molecule has 15 heavy (non-hydrogen) atoms. The predicted octanol–water partition coefficient (Wildman–Crippen LogP) is 1.68. The smallest absolute Gasteiger partial charge is 0.189 e. The van der Waals surface area contributed by atoms with Crippen molar-refractivity contribution in [2.24, 2.45) is 0 Å². The molecule has 0 atom stereocenters. The molecule has 0 saturated carbocycles. The highest BCUT2D eigenvalue weighted by molar-refractivity contribution is 5.80. The van der Waals surface area contributed by atoms with Gasteiger partial charge in [0.15, 0.2) is 5.88 Å². The molecule has 0 amide bonds. The predicted molar refractivity (Wildman–Crippen MR) is 56.3 cm³/mol. The number of fused-ring (bicyclic) bond motifs is 1. The van der Waals surface area contributed by atoms with Crippen LogP contribution < -0.4 is 0 Å². The standard InChI is InChI=1S/C8H7NO.C2H3N3/c10-8-5-6-3-1-2-4-7(6)9-8;1-2-4-5-3-1/h1-5,9-10H;1-2H,(H,3,4,5). The number of aromatic hydroxyl groups is 1. The molecular weight excluding hydrogens is 192 g/mol. The lowest BCUT2D eigenvalue weighted by molar-refractivity contribution is 0.458. The Morgan fingerprint density at radius 2 is 1.80 bits per heavy atom. The highest BCUT2D eigenvalue weighted by atomic mass is 16.3. The van der Waals surface area contributed by atoms with Gasteiger partial charge in [-0.05, 0) is 6.07 Å². The summed E-state index contributed by atoms with van der Waals surface area (Å²) in [5.41, 5.74) is 0.972. The number of benzene rings is 1. The Morgan fingerprint density at radius 3 is 2.40 bits per heavy atom. The Labute approximate surface area is 85.8 Å². The second-order valence-corrected chi connectivity index (χ2v) is 2.90. The minimum Gasteiger partial charge on any atom is -0.495 e. The van der Waals surface area contributed by atoms with Crippen molar-refractivity contribution in [3.05, 3.63) is 42.7 Å². The summed E-state index contributed by atoms with van der Waals surface area (Å²) in [6.45, 7) is 0. The lowest BCUT2D eigenvalue weighted by atomic mass is 10.3. The molecule has 76 valence electrons. The van der Waals surface area contributed by atoms with Gasteiger partial charge in [-0.3, -0.25) is 0 Å². The van der Waals surface area contributed by atoms with Crippen LogP contribution in [0.1, 0.15) is 0 Å². The number of hydrogen-bond acceptors (Lipinski definition) is 3. The number of nitrogens with one attached hydrogen (secondary N) is 2. The second kappa shape index (κ2) is 4.28. The summed E-state index contributed by atoms with van der Waals surface area (Å²) in [6, 6.07) is 9.45. The third-order valence-electron chi connectivity index (χ3n) is 1.85. The highest BCUT2D eigenvalue weighted by Crippen LogP contribution is 2.17. The number of aromatic nitrogens is 4. The first-order valence-corrected chi connectivity index (χ1v) is 4.43. The van der Waals surface area contributed by atoms with Crippen molar-refractivity contribution >= 4 is 10.9 Å². The average molecular weight is 202 g/mol. The van der Waals surface area contributed by atoms with E-state index in [0.717, 1.165) is 10.9 Å². The third-order valence-corrected chi connectivity index (χ3v) is 1.85. The van der Waals surface area contributed by atoms with E-state index in [0.29, 0.717) is 0 Å². The maximum Gasteiger partial charge on any atom is 0.189 e. The van der Waals surface area contributed by atoms with Gasteiger partial charge in [-0.15, -0.1) is 0 Å². The molecule has 0 aliphatic rings. The quantitative estimate of drug-likeness (QED) is 0.519. The topological polar surface area (TPSA) is 77.6 Å². The summed E-state index contributed by atoms with van der Waals surface area (Å²) in [5, 5.41) is 19.4. The molecule has 3 N–H and O–H groups in total. The molecule has 0 aliphatic carbocycles. The number of hydrogen-bond donors (Lipinski definition) is 3. The van der Waals surface area contributed by atoms with Crippen LogP contribution in [0.5, 0.6) is 5.88 Å². The Kier molecular flexibility index (Phi) is 2.64. The summed E-state index contributed by atoms with van der Waals surface area (Å²) in [4.78, 5) is 2.81. The number of H-pyrrole nitrogens is 2. The Bertz CT molecular complexity index is 465. The van der Waals surface area contributed by atoms with Crippen LogP contribution in [-0.2, 0) is 0 Å². The fraction of sp³-hybridized carbons (Fsp3) is 0. The zero-order valence-corrected chi connectivity index (χ0v) is 7.88. The molecule has 0 unspecified atom stereocenters. The molecule has 0 saturated heterocycles. The minimum atomic E-state index is 0.223. The van der Waals surface area contributed by atoms with Gasteiger partial charge < -0.3 is 10.1 Å². The normalized spacial score (nSPS) is 9.60. The van der Waals surface area contributed by atoms with Gasteiger partial charge in [0.1, 0.15) is 0 Å². The Hall–Kier alpha value is -2.30. The van der Waals surface area contributed by atoms with Crippen LogP contribution in [0.3, 0.4) is 0 Å². The molecule has 0 spiro atoms. The zero-order valence-electron chi connectivity index (χ0n) is 7.88. The van der Waals surface area contributed by atoms with Crippen molar-refractivity contribution in [2.75, 3.05) is 0 Å². The van der Waals surface area contributed by atoms with Crippen molar-refractivity contribution in [2.45, 2.75) is 0 Å². The van der Waals surface area contributed by atoms with E-state index < -0.39 is 0 Å². The molecule has 0 fully saturated rings. The van der Waals surface area contributed by atoms with E-state index in [-0.39, 0.29) is 5.88 Å². The molecule has 3 aromatic rings. The van der Waals surface area contributed by atoms with E-state index in [1.807, 2.05) is 24.3 Å². The Balaban J connectivity index is 0.000000144. The van der Waals surface area contributed by atoms with E-state index in [4.69, 9.17) is 5.11 Å². The fourth-order valence-corrected chi connectivity index (χ4v) is 1.22. The SMILES string of the molecule is Oc1cc2ccccc2[nH]1.c1cn[nH]n1. The van der Waals surface area contributed by atoms with Crippen LogP contribution in [-0.4, -0.2) is 25.5 Å². The molecule has 0 radical (unpaired) electrons. The van der Waals surface area contributed by atoms with Crippen molar-refractivity contribution in [1.82, 2.24) is 20.4 Å². The molecule has 5 nitrogen and oxygen atoms in total. The maximum absolute atomic E-state index is 9.00. The van der Waals surface area contributed by atoms with Crippen molar-refractivity contribution in [3.8, 4) is 5.88 Å². The van der Waals surface area contributed by atoms with Crippen LogP contribution >= 0.6 is 0 Å². The largest absolute Gasteiger partial charge is 0.495 e. The van der Waals surface area contributed by atoms with Gasteiger partial charge >= 0.3 is 0 Å². The summed E-state index contributed by atoms with van der Waals surface area (Å²) in [6.07, 6.45) is 3.17. The van der Waals surface area contributed by atoms with Crippen LogP contribution in [0.25, 0.3) is 10.9 Å². The first kappa shape index (κ1) is 9.26. The molecule has 1 aromatic carbocycles. The number of rotatable bonds is 0. The van der Waals surface area contributed by atoms with Crippen LogP contribution in [0.15, 0.2) is 42.7 Å². The van der Waals surface area contributed by atoms with Crippen molar-refractivity contribution < 1.29 is 5.11 Å². The lowest BCUT2D eigenvalue weighted by Crippen LogP contribution is -1.62. The molecule has 3 rings (SSSR count). The van der Waals surface area contributed by atoms with Crippen LogP contribution in [0.2, 0.25) is 0 Å². The average Bonchev–Trinajstić information content (AvgIpc) is 2.87. The maximum atomic E-state index is 9.00. The van der Waals surface area contributed by atoms with Gasteiger partial charge in [-0.25, -0.2) is 0 Å². The number of nitrogens with zero attached hydrogens (tertiary/aromatic N) is 2. The molecule has 2 heterocycles. The second-order valence-electron chi connectivity index (χ2n) is 2.90. The van der Waals surface area contributed by atoms with Gasteiger partial charge in [0, 0.05) is 17.0 Å². The third kappa shape index (κ3) is 2.34. The Morgan fingerprint density at radius 1 is 1.07 bits per heavy atom. The van der Waals surface area contributed by atoms with E-state index in [9.17, 15) is 0 Å². The molecule has 0 bridgehead atoms. The van der Waals surface area contributed by atoms with Crippen LogP contribution in [0, 0.1) is 0 Å². The van der Waals surface area contributed by atoms with E-state index in [1.54, 1.807) is 18.5 Å². The molecule has 5 heteroatoms. The van der Waals surface area contributed by atoms with Crippen molar-refractivity contribution in [1.29, 1.82) is 0 Å². The summed E-state index contributed by atoms with van der Waals surface area (Å²) >= 11 is 0. The van der Waals surface area contributed by atoms with Crippen LogP contribution in [0.4, 0.5) is 0 Å². The lowest BCUT2D eigenvalue weighted by Gasteiger charge is -1.83. The fourth-order valence-electron chi connectivity index (χ4n) is 1.22. The molecule has 2 aromatic heterocycles. The summed E-state index contributed by atoms with van der Waals surface area (Å²) in [7, 11) is 0. The van der Waals surface area contributed by atoms with E-state index in [2.05, 4.69) is 20.4 Å². The van der Waals surface area contributed by atoms with Gasteiger partial charge in [-0.1, -0.05) is 18.2 Å². The highest BCUT2D eigenvalue weighted by Gasteiger charge is 1.94. The van der Waals surface area contributed by atoms with E-state index >= 15 is 0 Å². The van der Waals surface area contributed by atoms with Gasteiger partial charge in [0.05, 0.1) is 12.4 Å². The zero-order chi connectivity index (χ0) is 10.5. The minimum absolute atomic E-state index is 0.223. The van der Waals surface area contributed by atoms with Gasteiger partial charge in [0.25, 0.3) is 0 Å². The first-order valence-electron chi connectivity index (χ1n) is 4.43. The van der Waals surface area contributed by atoms with E-state index in [1.165, 1.54) is 0 Å². The number of para-hydroxylation sites is 1. The van der Waals surface area contributed by atoms with Crippen molar-refractivity contribution in [3.63, 3.8) is 0 Å². The molecule has 0 aliphatic heterocycles. The van der Waals surface area contributed by atoms with Gasteiger partial charge in [0.2, 0.25) is 0 Å². The monoisotopic (exact) mass is 202 g/mol. The van der Waals surface area contributed by atoms with Gasteiger partial charge in [-0.2, -0.15) is 15.4 Å².